The number of ketones is 1. The van der Waals surface area contributed by atoms with Crippen LogP contribution >= 0.6 is 0 Å². The first-order valence-corrected chi connectivity index (χ1v) is 2.66. The van der Waals surface area contributed by atoms with Crippen LogP contribution in [0.2, 0.25) is 0 Å². The van der Waals surface area contributed by atoms with Gasteiger partial charge in [0.1, 0.15) is 0 Å². The van der Waals surface area contributed by atoms with Gasteiger partial charge in [-0.3, -0.25) is 0 Å². The molecule has 4 heteroatoms. The standard InChI is InChI=1S/C5H8BNO2/c1-4(5(2)8)7-3-6-9/h3-4H,1-2H3/t4-/m0/s1. The Balaban J connectivity index is 3.75. The van der Waals surface area contributed by atoms with Gasteiger partial charge in [0, 0.05) is 0 Å². The Morgan fingerprint density at radius 2 is 2.33 bits per heavy atom. The molecule has 0 radical (unpaired) electrons. The molecule has 0 aliphatic carbocycles. The van der Waals surface area contributed by atoms with Crippen LogP contribution in [0, 0.1) is 0 Å². The zero-order valence-corrected chi connectivity index (χ0v) is 5.50. The van der Waals surface area contributed by atoms with Gasteiger partial charge in [-0.05, 0) is 0 Å². The molecule has 0 bridgehead atoms. The van der Waals surface area contributed by atoms with Crippen LogP contribution in [0.5, 0.6) is 0 Å². The third kappa shape index (κ3) is 3.76. The maximum absolute atomic E-state index is 10.4. The van der Waals surface area contributed by atoms with Gasteiger partial charge < -0.3 is 0 Å². The van der Waals surface area contributed by atoms with E-state index >= 15 is 0 Å². The van der Waals surface area contributed by atoms with E-state index in [1.807, 2.05) is 0 Å². The first-order chi connectivity index (χ1) is 4.18. The monoisotopic (exact) mass is 125 g/mol. The second kappa shape index (κ2) is 4.12. The molecule has 0 heterocycles. The van der Waals surface area contributed by atoms with Crippen LogP contribution in [0.3, 0.4) is 0 Å². The molecule has 3 nitrogen and oxygen atoms in total. The first kappa shape index (κ1) is 8.20. The Hall–Kier alpha value is -0.795. The second-order valence-corrected chi connectivity index (χ2v) is 1.72. The van der Waals surface area contributed by atoms with Gasteiger partial charge in [-0.15, -0.1) is 0 Å². The molecule has 0 unspecified atom stereocenters. The Kier molecular flexibility index (Phi) is 3.76. The van der Waals surface area contributed by atoms with Gasteiger partial charge in [0.2, 0.25) is 0 Å². The summed E-state index contributed by atoms with van der Waals surface area (Å²) >= 11 is 0. The summed E-state index contributed by atoms with van der Waals surface area (Å²) < 4.78 is 9.67. The molecule has 0 aromatic heterocycles. The van der Waals surface area contributed by atoms with Crippen molar-refractivity contribution in [3.8, 4) is 0 Å². The van der Waals surface area contributed by atoms with E-state index in [2.05, 4.69) is 4.99 Å². The molecule has 9 heavy (non-hydrogen) atoms. The summed E-state index contributed by atoms with van der Waals surface area (Å²) in [6.45, 7) is 3.08. The summed E-state index contributed by atoms with van der Waals surface area (Å²) in [5.41, 5.74) is 0. The quantitative estimate of drug-likeness (QED) is 0.394. The third-order valence-electron chi connectivity index (χ3n) is 0.959. The fourth-order valence-corrected chi connectivity index (χ4v) is 0.269. The Morgan fingerprint density at radius 3 is 2.67 bits per heavy atom. The summed E-state index contributed by atoms with van der Waals surface area (Å²) in [7, 11) is 0.555. The van der Waals surface area contributed by atoms with Crippen LogP contribution in [0.4, 0.5) is 0 Å². The zero-order valence-electron chi connectivity index (χ0n) is 5.50. The van der Waals surface area contributed by atoms with Crippen molar-refractivity contribution in [2.24, 2.45) is 4.99 Å². The van der Waals surface area contributed by atoms with E-state index in [1.54, 1.807) is 6.92 Å². The Bertz CT molecular complexity index is 144. The van der Waals surface area contributed by atoms with Gasteiger partial charge in [0.25, 0.3) is 0 Å². The third-order valence-corrected chi connectivity index (χ3v) is 0.959. The second-order valence-electron chi connectivity index (χ2n) is 1.72. The number of carbonyl (C=O) groups excluding carboxylic acids is 1. The van der Waals surface area contributed by atoms with Gasteiger partial charge in [0.05, 0.1) is 0 Å². The predicted octanol–water partition coefficient (Wildman–Crippen LogP) is 0.0419. The van der Waals surface area contributed by atoms with Gasteiger partial charge >= 0.3 is 53.4 Å². The molecular formula is C5H8BNO2. The molecule has 0 aromatic rings. The van der Waals surface area contributed by atoms with Crippen molar-refractivity contribution in [1.29, 1.82) is 0 Å². The summed E-state index contributed by atoms with van der Waals surface area (Å²) in [6, 6.07) is -0.379. The van der Waals surface area contributed by atoms with Crippen LogP contribution in [0.25, 0.3) is 0 Å². The summed E-state index contributed by atoms with van der Waals surface area (Å²) in [6.07, 6.45) is 1.09. The van der Waals surface area contributed by atoms with E-state index in [0.29, 0.717) is 7.15 Å². The van der Waals surface area contributed by atoms with E-state index in [-0.39, 0.29) is 11.8 Å². The normalized spacial score (nSPS) is 13.1. The van der Waals surface area contributed by atoms with E-state index in [1.165, 1.54) is 6.92 Å². The number of carbonyl (C=O) groups is 1. The summed E-state index contributed by atoms with van der Waals surface area (Å²) in [5.74, 6) is -0.0342. The van der Waals surface area contributed by atoms with E-state index in [4.69, 9.17) is 0 Å². The van der Waals surface area contributed by atoms with Gasteiger partial charge in [-0.2, -0.15) is 0 Å². The molecule has 1 atom stereocenters. The minimum atomic E-state index is -0.379. The zero-order chi connectivity index (χ0) is 7.28. The molecule has 0 N–H and O–H groups in total. The van der Waals surface area contributed by atoms with E-state index in [9.17, 15) is 9.50 Å². The molecule has 48 valence electrons. The Labute approximate surface area is 54.4 Å². The van der Waals surface area contributed by atoms with Crippen molar-refractivity contribution < 1.29 is 9.50 Å². The van der Waals surface area contributed by atoms with Crippen LogP contribution in [0.15, 0.2) is 4.99 Å². The molecular weight excluding hydrogens is 117 g/mol. The van der Waals surface area contributed by atoms with Crippen molar-refractivity contribution in [2.75, 3.05) is 0 Å². The summed E-state index contributed by atoms with van der Waals surface area (Å²) in [5, 5.41) is 0. The molecule has 0 rings (SSSR count). The SMILES string of the molecule is CC(=O)[C@H](C)N=CB=O. The average Bonchev–Trinajstić information content (AvgIpc) is 1.82. The molecule has 0 aromatic carbocycles. The average molecular weight is 125 g/mol. The number of hydrogen-bond donors (Lipinski definition) is 0. The van der Waals surface area contributed by atoms with Crippen molar-refractivity contribution >= 4 is 19.0 Å². The first-order valence-electron chi connectivity index (χ1n) is 2.66. The van der Waals surface area contributed by atoms with Crippen molar-refractivity contribution in [3.63, 3.8) is 0 Å². The van der Waals surface area contributed by atoms with Crippen LogP contribution < -0.4 is 0 Å². The van der Waals surface area contributed by atoms with Gasteiger partial charge in [-0.1, -0.05) is 0 Å². The number of hydrogen-bond acceptors (Lipinski definition) is 3. The molecule has 0 spiro atoms. The fraction of sp³-hybridized carbons (Fsp3) is 0.600. The van der Waals surface area contributed by atoms with Gasteiger partial charge in [0.15, 0.2) is 0 Å². The number of aliphatic imine (C=N–C) groups is 1. The van der Waals surface area contributed by atoms with Crippen molar-refractivity contribution in [1.82, 2.24) is 0 Å². The predicted molar refractivity (Wildman–Crippen MR) is 35.1 cm³/mol. The number of rotatable bonds is 3. The number of Topliss-reactive ketones (excluding diaryl/α,β-unsaturated/α-hetero) is 1. The molecule has 0 aliphatic heterocycles. The molecule has 0 aliphatic rings. The minimum absolute atomic E-state index is 0.0342. The molecule has 0 fully saturated rings. The van der Waals surface area contributed by atoms with Crippen LogP contribution in [0.1, 0.15) is 13.8 Å². The number of nitrogens with zero attached hydrogens (tertiary/aromatic N) is 1. The molecule has 0 saturated heterocycles. The van der Waals surface area contributed by atoms with Crippen molar-refractivity contribution in [3.05, 3.63) is 0 Å². The maximum atomic E-state index is 10.4. The molecule has 0 amide bonds. The fourth-order valence-electron chi connectivity index (χ4n) is 0.269. The van der Waals surface area contributed by atoms with Gasteiger partial charge in [-0.25, -0.2) is 0 Å². The van der Waals surface area contributed by atoms with Crippen LogP contribution in [-0.2, 0) is 9.50 Å². The summed E-state index contributed by atoms with van der Waals surface area (Å²) in [4.78, 5) is 14.0. The molecule has 0 saturated carbocycles. The Morgan fingerprint density at radius 1 is 1.78 bits per heavy atom. The van der Waals surface area contributed by atoms with E-state index < -0.39 is 0 Å². The van der Waals surface area contributed by atoms with Crippen LogP contribution in [-0.4, -0.2) is 25.1 Å². The van der Waals surface area contributed by atoms with E-state index in [0.717, 1.165) is 6.11 Å². The van der Waals surface area contributed by atoms with Crippen molar-refractivity contribution in [2.45, 2.75) is 19.9 Å². The topological polar surface area (TPSA) is 46.5 Å².